The summed E-state index contributed by atoms with van der Waals surface area (Å²) < 4.78 is 9.16. The van der Waals surface area contributed by atoms with Gasteiger partial charge in [-0.3, -0.25) is 0 Å². The van der Waals surface area contributed by atoms with Crippen molar-refractivity contribution in [1.82, 2.24) is 0 Å². The van der Waals surface area contributed by atoms with Crippen LogP contribution in [0, 0.1) is 55.4 Å². The van der Waals surface area contributed by atoms with Crippen LogP contribution >= 0.6 is 0 Å². The van der Waals surface area contributed by atoms with Gasteiger partial charge in [0.25, 0.3) is 0 Å². The lowest BCUT2D eigenvalue weighted by Gasteiger charge is -2.34. The third-order valence-corrected chi connectivity index (χ3v) is 45.3. The second-order valence-electron chi connectivity index (χ2n) is 34.5. The summed E-state index contributed by atoms with van der Waals surface area (Å²) in [4.78, 5) is 0. The van der Waals surface area contributed by atoms with E-state index in [0.29, 0.717) is 0 Å². The van der Waals surface area contributed by atoms with Crippen molar-refractivity contribution in [2.75, 3.05) is 0 Å². The highest BCUT2D eigenvalue weighted by Crippen LogP contribution is 2.38. The Morgan fingerprint density at radius 3 is 0.798 bits per heavy atom. The number of hydrogen-bond donors (Lipinski definition) is 0. The lowest BCUT2D eigenvalue weighted by Crippen LogP contribution is -2.49. The summed E-state index contributed by atoms with van der Waals surface area (Å²) in [5, 5.41) is 17.3. The average molecular weight is 1520 g/mol. The molecule has 0 aliphatic heterocycles. The van der Waals surface area contributed by atoms with Crippen LogP contribution in [0.3, 0.4) is 0 Å². The molecule has 0 aliphatic carbocycles. The first-order valence-electron chi connectivity index (χ1n) is 41.7. The minimum atomic E-state index is -1.47. The Kier molecular flexibility index (Phi) is 27.6. The molecule has 0 fully saturated rings. The molecule has 0 N–H and O–H groups in total. The van der Waals surface area contributed by atoms with E-state index in [0.717, 1.165) is 36.8 Å². The lowest BCUT2D eigenvalue weighted by molar-refractivity contribution is -0.659. The molecule has 0 unspecified atom stereocenters. The standard InChI is InChI=1S/C27H38NSi.C26H36NSi.C25H34NSi.C23H30NSi/c1-9-22-16-20(6)21(7)26(17-22)27-25-13-12-24(18-23(25)14-15-28(27)8)29(10-2,11-3)19(4)5;1-8-21-16-19(5)20(6)25(17-21)26-24-13-12-23(28(9-2,10-3)11-4)18-22(24)14-15-27(26)7;1-9-20-14-18(4)19(5)24(15-20)25-23-11-10-22(27(7,8)17(2)3)16-21(23)12-13-26(25)6;1-8-18-13-16(2)17(3)22(14-18)23-21-10-9-20(25(5,6)7)15-19(21)11-12-24(23)4/h12-19H,9-11H2,1-8H3;12-18H,8-11H2,1-7H3;10-17H,9H2,1-8H3;9-15H,8H2,1-7H3/q4*+1. The van der Waals surface area contributed by atoms with Gasteiger partial charge in [0.2, 0.25) is 22.8 Å². The van der Waals surface area contributed by atoms with E-state index < -0.39 is 32.3 Å². The van der Waals surface area contributed by atoms with Crippen molar-refractivity contribution < 1.29 is 18.3 Å². The molecular formula is C101H138N4Si4+4. The van der Waals surface area contributed by atoms with Crippen molar-refractivity contribution in [3.8, 4) is 45.0 Å². The number of aromatic nitrogens is 4. The fourth-order valence-corrected chi connectivity index (χ4v) is 28.4. The Hall–Kier alpha value is -7.73. The molecule has 8 aromatic carbocycles. The first-order valence-corrected chi connectivity index (χ1v) is 53.4. The van der Waals surface area contributed by atoms with Gasteiger partial charge in [-0.05, 0) is 229 Å². The van der Waals surface area contributed by atoms with Gasteiger partial charge in [-0.1, -0.05) is 247 Å². The molecule has 0 radical (unpaired) electrons. The zero-order chi connectivity index (χ0) is 80.1. The monoisotopic (exact) mass is 1520 g/mol. The van der Waals surface area contributed by atoms with Crippen LogP contribution < -0.4 is 39.0 Å². The Morgan fingerprint density at radius 1 is 0.284 bits per heavy atom. The summed E-state index contributed by atoms with van der Waals surface area (Å²) >= 11 is 0. The fourth-order valence-electron chi connectivity index (χ4n) is 17.4. The van der Waals surface area contributed by atoms with Gasteiger partial charge in [-0.2, -0.15) is 0 Å². The maximum Gasteiger partial charge on any atom is 0.220 e. The van der Waals surface area contributed by atoms with Crippen molar-refractivity contribution in [3.63, 3.8) is 0 Å². The van der Waals surface area contributed by atoms with E-state index in [2.05, 4.69) is 395 Å². The topological polar surface area (TPSA) is 15.5 Å². The summed E-state index contributed by atoms with van der Waals surface area (Å²) in [5.41, 5.74) is 29.1. The molecule has 0 amide bonds. The van der Waals surface area contributed by atoms with Gasteiger partial charge in [-0.15, -0.1) is 0 Å². The number of benzene rings is 8. The van der Waals surface area contributed by atoms with Crippen LogP contribution in [0.15, 0.2) is 170 Å². The van der Waals surface area contributed by atoms with Crippen LogP contribution in [0.1, 0.15) is 157 Å². The molecule has 0 aliphatic rings. The molecule has 0 bridgehead atoms. The molecule has 0 saturated heterocycles. The van der Waals surface area contributed by atoms with Gasteiger partial charge in [0.05, 0.1) is 76.1 Å². The molecule has 0 spiro atoms. The predicted molar refractivity (Wildman–Crippen MR) is 491 cm³/mol. The van der Waals surface area contributed by atoms with Gasteiger partial charge in [0, 0.05) is 24.3 Å². The summed E-state index contributed by atoms with van der Waals surface area (Å²) in [6.45, 7) is 60.7. The fraction of sp³-hybridized carbons (Fsp3) is 0.406. The molecule has 0 atom stereocenters. The quantitative estimate of drug-likeness (QED) is 0.0566. The number of hydrogen-bond acceptors (Lipinski definition) is 0. The lowest BCUT2D eigenvalue weighted by atomic mass is 9.93. The third kappa shape index (κ3) is 17.5. The Balaban J connectivity index is 0.000000168. The number of nitrogens with zero attached hydrogens (tertiary/aromatic N) is 4. The molecule has 4 nitrogen and oxygen atoms in total. The van der Waals surface area contributed by atoms with Gasteiger partial charge in [0.1, 0.15) is 28.2 Å². The predicted octanol–water partition coefficient (Wildman–Crippen LogP) is 23.7. The smallest absolute Gasteiger partial charge is 0.200 e. The Labute approximate surface area is 665 Å². The normalized spacial score (nSPS) is 12.1. The van der Waals surface area contributed by atoms with E-state index in [1.165, 1.54) is 190 Å². The van der Waals surface area contributed by atoms with Crippen molar-refractivity contribution in [2.45, 2.75) is 245 Å². The highest BCUT2D eigenvalue weighted by molar-refractivity contribution is 6.93. The average Bonchev–Trinajstić information content (AvgIpc) is 0.753. The molecule has 12 rings (SSSR count). The van der Waals surface area contributed by atoms with Crippen molar-refractivity contribution >= 4 is 96.1 Å². The minimum Gasteiger partial charge on any atom is -0.200 e. The van der Waals surface area contributed by atoms with E-state index in [-0.39, 0.29) is 0 Å². The van der Waals surface area contributed by atoms with Crippen molar-refractivity contribution in [2.24, 2.45) is 28.2 Å². The summed E-state index contributed by atoms with van der Waals surface area (Å²) in [7, 11) is 3.14. The molecule has 4 aromatic heterocycles. The summed E-state index contributed by atoms with van der Waals surface area (Å²) in [5.74, 6) is 0. The Bertz CT molecular complexity index is 5280. The maximum absolute atomic E-state index is 2.52. The highest BCUT2D eigenvalue weighted by atomic mass is 28.3. The molecule has 109 heavy (non-hydrogen) atoms. The maximum atomic E-state index is 2.52. The SMILES string of the molecule is CCc1cc(C)c(C)c(-c2c3ccc([Si](C)(C)C(C)C)cc3cc[n+]2C)c1.CCc1cc(C)c(C)c(-c2c3ccc([Si](C)(C)C)cc3cc[n+]2C)c1.CCc1cc(C)c(C)c(-c2c3ccc([Si](CC)(CC)C(C)C)cc3cc[n+]2C)c1.CCc1cc(C)c(C)c(-c2c3ccc([Si](CC)(CC)CC)cc3cc[n+]2C)c1. The van der Waals surface area contributed by atoms with Crippen LogP contribution in [-0.2, 0) is 53.9 Å². The molecule has 0 saturated carbocycles. The number of pyridine rings is 4. The van der Waals surface area contributed by atoms with Crippen molar-refractivity contribution in [3.05, 3.63) is 237 Å². The number of aryl methyl sites for hydroxylation is 12. The van der Waals surface area contributed by atoms with E-state index in [9.17, 15) is 0 Å². The zero-order valence-corrected chi connectivity index (χ0v) is 77.5. The van der Waals surface area contributed by atoms with E-state index in [4.69, 9.17) is 0 Å². The van der Waals surface area contributed by atoms with Crippen LogP contribution in [0.2, 0.25) is 74.0 Å². The van der Waals surface area contributed by atoms with Crippen LogP contribution in [0.5, 0.6) is 0 Å². The molecule has 574 valence electrons. The summed E-state index contributed by atoms with van der Waals surface area (Å²) in [6.07, 6.45) is 13.2. The minimum absolute atomic E-state index is 0.736. The molecule has 12 aromatic rings. The first-order chi connectivity index (χ1) is 51.6. The number of rotatable bonds is 19. The van der Waals surface area contributed by atoms with E-state index in [1.807, 2.05) is 0 Å². The zero-order valence-electron chi connectivity index (χ0n) is 73.5. The van der Waals surface area contributed by atoms with Gasteiger partial charge in [0.15, 0.2) is 24.8 Å². The largest absolute Gasteiger partial charge is 0.220 e. The second kappa shape index (κ2) is 35.3. The first kappa shape index (κ1) is 85.3. The molecule has 8 heteroatoms. The van der Waals surface area contributed by atoms with E-state index in [1.54, 1.807) is 15.6 Å². The third-order valence-electron chi connectivity index (χ3n) is 26.7. The highest BCUT2D eigenvalue weighted by Gasteiger charge is 2.36. The van der Waals surface area contributed by atoms with Gasteiger partial charge >= 0.3 is 0 Å². The molecule has 4 heterocycles. The molecular weight excluding hydrogens is 1380 g/mol. The summed E-state index contributed by atoms with van der Waals surface area (Å²) in [6, 6.07) is 63.7. The number of fused-ring (bicyclic) bond motifs is 4. The Morgan fingerprint density at radius 2 is 0.541 bits per heavy atom. The second-order valence-corrected chi connectivity index (χ2v) is 55.5. The van der Waals surface area contributed by atoms with Crippen LogP contribution in [-0.4, -0.2) is 32.3 Å². The van der Waals surface area contributed by atoms with Gasteiger partial charge < -0.3 is 0 Å². The van der Waals surface area contributed by atoms with Crippen molar-refractivity contribution in [1.29, 1.82) is 0 Å². The van der Waals surface area contributed by atoms with Crippen LogP contribution in [0.4, 0.5) is 0 Å². The van der Waals surface area contributed by atoms with Crippen LogP contribution in [0.25, 0.3) is 88.1 Å². The van der Waals surface area contributed by atoms with E-state index >= 15 is 0 Å². The van der Waals surface area contributed by atoms with Gasteiger partial charge in [-0.25, -0.2) is 18.3 Å².